The average Bonchev–Trinajstić information content (AvgIpc) is 3.29. The standard InChI is InChI=1S/C26H31N3O3/c1-19-9-10-23(20(2)15-19)16-29(21(3)22-7-5-4-6-8-22)17-25-27-24(18-32-25)26(30)28-11-13-31-14-12-28/h4-10,15,18,21H,11-14,16-17H2,1-3H3/t21-/m0/s1. The fraction of sp³-hybridized carbons (Fsp3) is 0.385. The van der Waals surface area contributed by atoms with Crippen LogP contribution in [0.4, 0.5) is 0 Å². The third kappa shape index (κ3) is 5.26. The molecule has 6 nitrogen and oxygen atoms in total. The van der Waals surface area contributed by atoms with E-state index in [0.717, 1.165) is 6.54 Å². The van der Waals surface area contributed by atoms with Gasteiger partial charge in [0, 0.05) is 25.7 Å². The molecule has 0 spiro atoms. The van der Waals surface area contributed by atoms with Gasteiger partial charge < -0.3 is 14.1 Å². The molecular weight excluding hydrogens is 402 g/mol. The van der Waals surface area contributed by atoms with E-state index in [1.807, 2.05) is 6.07 Å². The number of benzene rings is 2. The zero-order valence-corrected chi connectivity index (χ0v) is 19.1. The molecule has 1 aliphatic heterocycles. The van der Waals surface area contributed by atoms with E-state index < -0.39 is 0 Å². The Morgan fingerprint density at radius 2 is 1.84 bits per heavy atom. The van der Waals surface area contributed by atoms with Gasteiger partial charge in [0.25, 0.3) is 5.91 Å². The third-order valence-electron chi connectivity index (χ3n) is 6.11. The summed E-state index contributed by atoms with van der Waals surface area (Å²) in [6.07, 6.45) is 1.48. The van der Waals surface area contributed by atoms with Gasteiger partial charge in [-0.3, -0.25) is 9.69 Å². The fourth-order valence-electron chi connectivity index (χ4n) is 4.10. The largest absolute Gasteiger partial charge is 0.447 e. The zero-order valence-electron chi connectivity index (χ0n) is 19.1. The molecule has 6 heteroatoms. The molecule has 1 amide bonds. The number of hydrogen-bond acceptors (Lipinski definition) is 5. The highest BCUT2D eigenvalue weighted by molar-refractivity contribution is 5.92. The predicted molar refractivity (Wildman–Crippen MR) is 123 cm³/mol. The van der Waals surface area contributed by atoms with E-state index in [-0.39, 0.29) is 11.9 Å². The lowest BCUT2D eigenvalue weighted by molar-refractivity contribution is 0.0299. The summed E-state index contributed by atoms with van der Waals surface area (Å²) in [7, 11) is 0. The van der Waals surface area contributed by atoms with Crippen LogP contribution < -0.4 is 0 Å². The maximum absolute atomic E-state index is 12.8. The Labute approximate surface area is 189 Å². The molecule has 1 aromatic heterocycles. The van der Waals surface area contributed by atoms with E-state index in [0.29, 0.717) is 44.4 Å². The van der Waals surface area contributed by atoms with Gasteiger partial charge in [-0.25, -0.2) is 4.98 Å². The number of nitrogens with zero attached hydrogens (tertiary/aromatic N) is 3. The topological polar surface area (TPSA) is 58.8 Å². The monoisotopic (exact) mass is 433 g/mol. The first-order valence-corrected chi connectivity index (χ1v) is 11.2. The summed E-state index contributed by atoms with van der Waals surface area (Å²) in [5.74, 6) is 0.453. The number of oxazole rings is 1. The first-order valence-electron chi connectivity index (χ1n) is 11.2. The summed E-state index contributed by atoms with van der Waals surface area (Å²) in [4.78, 5) is 21.4. The van der Waals surface area contributed by atoms with Gasteiger partial charge in [0.1, 0.15) is 6.26 Å². The smallest absolute Gasteiger partial charge is 0.275 e. The molecule has 0 unspecified atom stereocenters. The number of ether oxygens (including phenoxy) is 1. The van der Waals surface area contributed by atoms with Crippen molar-refractivity contribution in [3.8, 4) is 0 Å². The molecule has 3 aromatic rings. The molecule has 0 aliphatic carbocycles. The van der Waals surface area contributed by atoms with Crippen molar-refractivity contribution >= 4 is 5.91 Å². The first-order chi connectivity index (χ1) is 15.5. The lowest BCUT2D eigenvalue weighted by Crippen LogP contribution is -2.40. The molecule has 2 aromatic carbocycles. The quantitative estimate of drug-likeness (QED) is 0.548. The molecule has 0 saturated carbocycles. The molecule has 1 fully saturated rings. The van der Waals surface area contributed by atoms with Crippen LogP contribution in [0.3, 0.4) is 0 Å². The van der Waals surface area contributed by atoms with Crippen molar-refractivity contribution in [2.45, 2.75) is 39.9 Å². The molecular formula is C26H31N3O3. The Kier molecular flexibility index (Phi) is 7.02. The molecule has 1 saturated heterocycles. The minimum atomic E-state index is -0.0969. The minimum Gasteiger partial charge on any atom is -0.447 e. The van der Waals surface area contributed by atoms with Gasteiger partial charge in [-0.05, 0) is 37.5 Å². The van der Waals surface area contributed by atoms with Crippen LogP contribution in [0.15, 0.2) is 59.2 Å². The molecule has 1 atom stereocenters. The van der Waals surface area contributed by atoms with Crippen molar-refractivity contribution in [3.63, 3.8) is 0 Å². The highest BCUT2D eigenvalue weighted by Gasteiger charge is 2.24. The molecule has 2 heterocycles. The van der Waals surface area contributed by atoms with Crippen molar-refractivity contribution in [1.29, 1.82) is 0 Å². The third-order valence-corrected chi connectivity index (χ3v) is 6.11. The van der Waals surface area contributed by atoms with Gasteiger partial charge in [0.2, 0.25) is 5.89 Å². The van der Waals surface area contributed by atoms with Crippen molar-refractivity contribution in [1.82, 2.24) is 14.8 Å². The molecule has 0 radical (unpaired) electrons. The summed E-state index contributed by atoms with van der Waals surface area (Å²) in [5.41, 5.74) is 5.39. The average molecular weight is 434 g/mol. The number of carbonyl (C=O) groups excluding carboxylic acids is 1. The van der Waals surface area contributed by atoms with E-state index in [4.69, 9.17) is 9.15 Å². The van der Waals surface area contributed by atoms with Crippen molar-refractivity contribution in [2.24, 2.45) is 0 Å². The van der Waals surface area contributed by atoms with E-state index in [1.54, 1.807) is 4.90 Å². The van der Waals surface area contributed by atoms with Gasteiger partial charge in [-0.15, -0.1) is 0 Å². The number of aryl methyl sites for hydroxylation is 2. The van der Waals surface area contributed by atoms with Crippen molar-refractivity contribution in [2.75, 3.05) is 26.3 Å². The minimum absolute atomic E-state index is 0.0969. The summed E-state index contributed by atoms with van der Waals surface area (Å²) in [6, 6.07) is 17.1. The Hall–Kier alpha value is -2.96. The Bertz CT molecular complexity index is 1040. The second-order valence-electron chi connectivity index (χ2n) is 8.45. The summed E-state index contributed by atoms with van der Waals surface area (Å²) in [5, 5.41) is 0. The van der Waals surface area contributed by atoms with Crippen molar-refractivity contribution in [3.05, 3.63) is 88.6 Å². The van der Waals surface area contributed by atoms with Crippen LogP contribution in [0.25, 0.3) is 0 Å². The lowest BCUT2D eigenvalue weighted by Gasteiger charge is -2.29. The lowest BCUT2D eigenvalue weighted by atomic mass is 10.0. The maximum Gasteiger partial charge on any atom is 0.275 e. The molecule has 0 N–H and O–H groups in total. The molecule has 1 aliphatic rings. The van der Waals surface area contributed by atoms with E-state index in [1.165, 1.54) is 28.5 Å². The fourth-order valence-corrected chi connectivity index (χ4v) is 4.10. The second kappa shape index (κ2) is 10.1. The van der Waals surface area contributed by atoms with E-state index >= 15 is 0 Å². The van der Waals surface area contributed by atoms with Crippen LogP contribution >= 0.6 is 0 Å². The molecule has 4 rings (SSSR count). The number of amides is 1. The summed E-state index contributed by atoms with van der Waals surface area (Å²) >= 11 is 0. The number of morpholine rings is 1. The SMILES string of the molecule is Cc1ccc(CN(Cc2nc(C(=O)N3CCOCC3)co2)[C@@H](C)c2ccccc2)c(C)c1. The van der Waals surface area contributed by atoms with Gasteiger partial charge >= 0.3 is 0 Å². The molecule has 0 bridgehead atoms. The van der Waals surface area contributed by atoms with E-state index in [9.17, 15) is 4.79 Å². The van der Waals surface area contributed by atoms with Crippen LogP contribution in [0.1, 0.15) is 51.6 Å². The van der Waals surface area contributed by atoms with Crippen LogP contribution in [0.2, 0.25) is 0 Å². The summed E-state index contributed by atoms with van der Waals surface area (Å²) in [6.45, 7) is 10.0. The Morgan fingerprint density at radius 3 is 2.56 bits per heavy atom. The number of carbonyl (C=O) groups is 1. The molecule has 168 valence electrons. The van der Waals surface area contributed by atoms with Crippen LogP contribution in [-0.2, 0) is 17.8 Å². The van der Waals surface area contributed by atoms with Gasteiger partial charge in [-0.1, -0.05) is 54.1 Å². The van der Waals surface area contributed by atoms with Crippen LogP contribution in [0, 0.1) is 13.8 Å². The van der Waals surface area contributed by atoms with Gasteiger partial charge in [0.05, 0.1) is 19.8 Å². The number of rotatable bonds is 7. The molecule has 32 heavy (non-hydrogen) atoms. The Balaban J connectivity index is 1.55. The predicted octanol–water partition coefficient (Wildman–Crippen LogP) is 4.53. The maximum atomic E-state index is 12.8. The summed E-state index contributed by atoms with van der Waals surface area (Å²) < 4.78 is 11.1. The normalized spacial score (nSPS) is 15.2. The number of hydrogen-bond donors (Lipinski definition) is 0. The second-order valence-corrected chi connectivity index (χ2v) is 8.45. The van der Waals surface area contributed by atoms with Crippen LogP contribution in [-0.4, -0.2) is 47.0 Å². The van der Waals surface area contributed by atoms with Gasteiger partial charge in [-0.2, -0.15) is 0 Å². The zero-order chi connectivity index (χ0) is 22.5. The van der Waals surface area contributed by atoms with Crippen molar-refractivity contribution < 1.29 is 13.9 Å². The Morgan fingerprint density at radius 1 is 1.09 bits per heavy atom. The highest BCUT2D eigenvalue weighted by Crippen LogP contribution is 2.26. The van der Waals surface area contributed by atoms with E-state index in [2.05, 4.69) is 73.1 Å². The highest BCUT2D eigenvalue weighted by atomic mass is 16.5. The van der Waals surface area contributed by atoms with Crippen LogP contribution in [0.5, 0.6) is 0 Å². The number of aromatic nitrogens is 1. The van der Waals surface area contributed by atoms with Gasteiger partial charge in [0.15, 0.2) is 5.69 Å². The first kappa shape index (κ1) is 22.2.